The molecule has 0 N–H and O–H groups in total. The lowest BCUT2D eigenvalue weighted by Crippen LogP contribution is -2.24. The molecule has 5 nitrogen and oxygen atoms in total. The highest BCUT2D eigenvalue weighted by Gasteiger charge is 2.37. The van der Waals surface area contributed by atoms with Crippen LogP contribution in [0.4, 0.5) is 0 Å². The lowest BCUT2D eigenvalue weighted by atomic mass is 10.1. The van der Waals surface area contributed by atoms with Crippen LogP contribution in [0.2, 0.25) is 0 Å². The molecule has 1 aliphatic heterocycles. The van der Waals surface area contributed by atoms with Crippen molar-refractivity contribution in [2.75, 3.05) is 7.11 Å². The molecule has 2 aromatic heterocycles. The smallest absolute Gasteiger partial charge is 0.340 e. The van der Waals surface area contributed by atoms with Gasteiger partial charge < -0.3 is 14.1 Å². The number of esters is 1. The van der Waals surface area contributed by atoms with Gasteiger partial charge in [0, 0.05) is 10.6 Å². The normalized spacial score (nSPS) is 16.4. The zero-order valence-electron chi connectivity index (χ0n) is 13.7. The van der Waals surface area contributed by atoms with Crippen LogP contribution in [0.1, 0.15) is 23.1 Å². The third kappa shape index (κ3) is 2.80. The summed E-state index contributed by atoms with van der Waals surface area (Å²) in [5.74, 6) is -0.0826. The summed E-state index contributed by atoms with van der Waals surface area (Å²) >= 11 is 1.53. The van der Waals surface area contributed by atoms with Crippen LogP contribution >= 0.6 is 11.3 Å². The van der Waals surface area contributed by atoms with Gasteiger partial charge in [-0.15, -0.1) is 11.3 Å². The Labute approximate surface area is 143 Å². The first-order valence-electron chi connectivity index (χ1n) is 7.42. The first-order valence-corrected chi connectivity index (χ1v) is 8.30. The van der Waals surface area contributed by atoms with Crippen molar-refractivity contribution in [3.8, 4) is 0 Å². The molecule has 0 saturated carbocycles. The van der Waals surface area contributed by atoms with Gasteiger partial charge in [0.15, 0.2) is 0 Å². The third-order valence-electron chi connectivity index (χ3n) is 3.97. The van der Waals surface area contributed by atoms with Gasteiger partial charge >= 0.3 is 5.97 Å². The SMILES string of the molecule is COC(=O)C1=C(C)N(Cc2ccco2)C(=O)C1=Cc1sccc1C. The summed E-state index contributed by atoms with van der Waals surface area (Å²) in [5, 5.41) is 1.95. The number of amides is 1. The van der Waals surface area contributed by atoms with Crippen LogP contribution in [0, 0.1) is 6.92 Å². The molecule has 1 amide bonds. The molecule has 3 rings (SSSR count). The van der Waals surface area contributed by atoms with E-state index in [1.165, 1.54) is 18.4 Å². The van der Waals surface area contributed by atoms with Crippen molar-refractivity contribution < 1.29 is 18.7 Å². The minimum atomic E-state index is -0.511. The van der Waals surface area contributed by atoms with Crippen molar-refractivity contribution in [1.29, 1.82) is 0 Å². The van der Waals surface area contributed by atoms with Gasteiger partial charge in [-0.05, 0) is 49.1 Å². The van der Waals surface area contributed by atoms with Gasteiger partial charge in [0.1, 0.15) is 5.76 Å². The average molecular weight is 343 g/mol. The molecule has 24 heavy (non-hydrogen) atoms. The summed E-state index contributed by atoms with van der Waals surface area (Å²) in [7, 11) is 1.32. The summed E-state index contributed by atoms with van der Waals surface area (Å²) < 4.78 is 10.2. The number of hydrogen-bond donors (Lipinski definition) is 0. The number of allylic oxidation sites excluding steroid dienone is 1. The van der Waals surface area contributed by atoms with Crippen LogP contribution in [0.15, 0.2) is 51.1 Å². The number of rotatable bonds is 4. The molecule has 2 aromatic rings. The van der Waals surface area contributed by atoms with Crippen LogP contribution in [0.5, 0.6) is 0 Å². The molecule has 1 aliphatic rings. The molecular formula is C18H17NO4S. The highest BCUT2D eigenvalue weighted by atomic mass is 32.1. The fourth-order valence-electron chi connectivity index (χ4n) is 2.64. The van der Waals surface area contributed by atoms with Crippen molar-refractivity contribution in [3.05, 3.63) is 62.9 Å². The lowest BCUT2D eigenvalue weighted by Gasteiger charge is -2.16. The maximum atomic E-state index is 12.9. The Morgan fingerprint density at radius 3 is 2.75 bits per heavy atom. The van der Waals surface area contributed by atoms with E-state index in [1.54, 1.807) is 36.3 Å². The molecule has 0 atom stereocenters. The number of nitrogens with zero attached hydrogens (tertiary/aromatic N) is 1. The topological polar surface area (TPSA) is 59.8 Å². The summed E-state index contributed by atoms with van der Waals surface area (Å²) in [6.45, 7) is 3.99. The van der Waals surface area contributed by atoms with E-state index in [0.717, 1.165) is 10.4 Å². The molecule has 0 fully saturated rings. The number of carbonyl (C=O) groups excluding carboxylic acids is 2. The van der Waals surface area contributed by atoms with E-state index < -0.39 is 5.97 Å². The fraction of sp³-hybridized carbons (Fsp3) is 0.222. The minimum Gasteiger partial charge on any atom is -0.467 e. The number of hydrogen-bond acceptors (Lipinski definition) is 5. The second-order valence-electron chi connectivity index (χ2n) is 5.45. The molecule has 6 heteroatoms. The predicted molar refractivity (Wildman–Crippen MR) is 91.0 cm³/mol. The highest BCUT2D eigenvalue weighted by Crippen LogP contribution is 2.34. The maximum Gasteiger partial charge on any atom is 0.340 e. The van der Waals surface area contributed by atoms with Gasteiger partial charge in [-0.3, -0.25) is 4.79 Å². The Balaban J connectivity index is 2.04. The number of carbonyl (C=O) groups is 2. The molecular weight excluding hydrogens is 326 g/mol. The second-order valence-corrected chi connectivity index (χ2v) is 6.40. The fourth-order valence-corrected chi connectivity index (χ4v) is 3.50. The molecule has 0 radical (unpaired) electrons. The molecule has 0 unspecified atom stereocenters. The zero-order valence-corrected chi connectivity index (χ0v) is 14.5. The van der Waals surface area contributed by atoms with Gasteiger partial charge in [-0.2, -0.15) is 0 Å². The molecule has 0 aliphatic carbocycles. The Bertz CT molecular complexity index is 842. The van der Waals surface area contributed by atoms with Crippen molar-refractivity contribution in [1.82, 2.24) is 4.90 Å². The van der Waals surface area contributed by atoms with Crippen LogP contribution in [-0.2, 0) is 20.9 Å². The average Bonchev–Trinajstić information content (AvgIpc) is 3.26. The predicted octanol–water partition coefficient (Wildman–Crippen LogP) is 3.52. The number of aryl methyl sites for hydroxylation is 1. The first kappa shape index (κ1) is 16.3. The van der Waals surface area contributed by atoms with Crippen molar-refractivity contribution in [2.45, 2.75) is 20.4 Å². The van der Waals surface area contributed by atoms with E-state index in [9.17, 15) is 9.59 Å². The Morgan fingerprint density at radius 2 is 2.17 bits per heavy atom. The van der Waals surface area contributed by atoms with Gasteiger partial charge in [-0.1, -0.05) is 0 Å². The summed E-state index contributed by atoms with van der Waals surface area (Å²) in [6.07, 6.45) is 3.32. The lowest BCUT2D eigenvalue weighted by molar-refractivity contribution is -0.136. The molecule has 3 heterocycles. The molecule has 0 saturated heterocycles. The largest absolute Gasteiger partial charge is 0.467 e. The molecule has 0 spiro atoms. The van der Waals surface area contributed by atoms with Gasteiger partial charge in [0.2, 0.25) is 0 Å². The molecule has 0 aromatic carbocycles. The van der Waals surface area contributed by atoms with Crippen LogP contribution in [0.25, 0.3) is 6.08 Å². The van der Waals surface area contributed by atoms with E-state index in [0.29, 0.717) is 22.6 Å². The summed E-state index contributed by atoms with van der Waals surface area (Å²) in [5.41, 5.74) is 2.30. The van der Waals surface area contributed by atoms with E-state index >= 15 is 0 Å². The third-order valence-corrected chi connectivity index (χ3v) is 4.94. The minimum absolute atomic E-state index is 0.225. The second kappa shape index (κ2) is 6.49. The Morgan fingerprint density at radius 1 is 1.38 bits per heavy atom. The number of ether oxygens (including phenoxy) is 1. The number of thiophene rings is 1. The number of methoxy groups -OCH3 is 1. The van der Waals surface area contributed by atoms with Crippen LogP contribution in [0.3, 0.4) is 0 Å². The number of furan rings is 1. The zero-order chi connectivity index (χ0) is 17.3. The standard InChI is InChI=1S/C18H17NO4S/c1-11-6-8-24-15(11)9-14-16(18(21)22-3)12(2)19(17(14)20)10-13-5-4-7-23-13/h4-9H,10H2,1-3H3. The van der Waals surface area contributed by atoms with Gasteiger partial charge in [0.25, 0.3) is 5.91 Å². The Kier molecular flexibility index (Phi) is 4.40. The maximum absolute atomic E-state index is 12.9. The van der Waals surface area contributed by atoms with E-state index in [2.05, 4.69) is 0 Å². The van der Waals surface area contributed by atoms with Crippen LogP contribution in [-0.4, -0.2) is 23.9 Å². The van der Waals surface area contributed by atoms with Crippen LogP contribution < -0.4 is 0 Å². The summed E-state index contributed by atoms with van der Waals surface area (Å²) in [6, 6.07) is 5.54. The van der Waals surface area contributed by atoms with E-state index in [4.69, 9.17) is 9.15 Å². The van der Waals surface area contributed by atoms with Crippen molar-refractivity contribution in [2.24, 2.45) is 0 Å². The molecule has 0 bridgehead atoms. The quantitative estimate of drug-likeness (QED) is 0.629. The first-order chi connectivity index (χ1) is 11.5. The van der Waals surface area contributed by atoms with E-state index in [-0.39, 0.29) is 12.5 Å². The van der Waals surface area contributed by atoms with Crippen molar-refractivity contribution >= 4 is 29.3 Å². The Hall–Kier alpha value is -2.60. The summed E-state index contributed by atoms with van der Waals surface area (Å²) in [4.78, 5) is 27.6. The van der Waals surface area contributed by atoms with Gasteiger partial charge in [0.05, 0.1) is 31.1 Å². The van der Waals surface area contributed by atoms with Gasteiger partial charge in [-0.25, -0.2) is 4.79 Å². The monoisotopic (exact) mass is 343 g/mol. The molecule has 124 valence electrons. The highest BCUT2D eigenvalue weighted by molar-refractivity contribution is 7.11. The van der Waals surface area contributed by atoms with Crippen molar-refractivity contribution in [3.63, 3.8) is 0 Å². The van der Waals surface area contributed by atoms with E-state index in [1.807, 2.05) is 18.4 Å².